The number of carbonyl (C=O) groups excluding carboxylic acids is 1. The number of hydrogen-bond donors (Lipinski definition) is 1. The van der Waals surface area contributed by atoms with Crippen LogP contribution >= 0.6 is 27.5 Å². The highest BCUT2D eigenvalue weighted by atomic mass is 79.9. The molecule has 0 unspecified atom stereocenters. The molecule has 122 valence electrons. The van der Waals surface area contributed by atoms with Crippen LogP contribution in [0.25, 0.3) is 5.69 Å². The molecule has 1 amide bonds. The quantitative estimate of drug-likeness (QED) is 0.695. The molecule has 3 aromatic rings. The van der Waals surface area contributed by atoms with Gasteiger partial charge in [-0.2, -0.15) is 0 Å². The normalized spacial score (nSPS) is 10.7. The largest absolute Gasteiger partial charge is 0.321 e. The standard InChI is InChI=1S/C17H14BrClN4O/c1-10-3-8-14(9-15(10)19)23-11(2)16(21-22-23)17(24)20-13-6-4-12(18)5-7-13/h3-9H,1-2H3,(H,20,24). The molecule has 24 heavy (non-hydrogen) atoms. The minimum absolute atomic E-state index is 0.273. The first-order valence-electron chi connectivity index (χ1n) is 7.21. The topological polar surface area (TPSA) is 59.8 Å². The maximum Gasteiger partial charge on any atom is 0.278 e. The zero-order chi connectivity index (χ0) is 17.3. The molecule has 0 saturated heterocycles. The summed E-state index contributed by atoms with van der Waals surface area (Å²) in [5.74, 6) is -0.306. The fraction of sp³-hybridized carbons (Fsp3) is 0.118. The van der Waals surface area contributed by atoms with Crippen LogP contribution in [0.5, 0.6) is 0 Å². The van der Waals surface area contributed by atoms with E-state index in [1.165, 1.54) is 0 Å². The van der Waals surface area contributed by atoms with Gasteiger partial charge in [-0.05, 0) is 55.8 Å². The molecule has 5 nitrogen and oxygen atoms in total. The molecule has 0 saturated carbocycles. The summed E-state index contributed by atoms with van der Waals surface area (Å²) in [6, 6.07) is 12.9. The van der Waals surface area contributed by atoms with Gasteiger partial charge in [-0.1, -0.05) is 38.8 Å². The van der Waals surface area contributed by atoms with Crippen molar-refractivity contribution in [2.75, 3.05) is 5.32 Å². The fourth-order valence-electron chi connectivity index (χ4n) is 2.22. The van der Waals surface area contributed by atoms with Crippen molar-refractivity contribution in [3.8, 4) is 5.69 Å². The van der Waals surface area contributed by atoms with E-state index in [0.29, 0.717) is 16.4 Å². The Kier molecular flexibility index (Phi) is 4.69. The van der Waals surface area contributed by atoms with Crippen molar-refractivity contribution in [1.29, 1.82) is 0 Å². The Hall–Kier alpha value is -2.18. The van der Waals surface area contributed by atoms with Crippen LogP contribution in [0, 0.1) is 13.8 Å². The van der Waals surface area contributed by atoms with Crippen molar-refractivity contribution in [3.63, 3.8) is 0 Å². The van der Waals surface area contributed by atoms with Crippen molar-refractivity contribution in [1.82, 2.24) is 15.0 Å². The van der Waals surface area contributed by atoms with Gasteiger partial charge in [-0.3, -0.25) is 4.79 Å². The molecule has 0 aliphatic heterocycles. The Bertz CT molecular complexity index is 905. The van der Waals surface area contributed by atoms with Gasteiger partial charge in [0.2, 0.25) is 0 Å². The third-order valence-electron chi connectivity index (χ3n) is 3.61. The lowest BCUT2D eigenvalue weighted by Gasteiger charge is -2.06. The van der Waals surface area contributed by atoms with E-state index in [1.54, 1.807) is 17.7 Å². The molecule has 0 aliphatic rings. The summed E-state index contributed by atoms with van der Waals surface area (Å²) in [4.78, 5) is 12.4. The first kappa shape index (κ1) is 16.7. The summed E-state index contributed by atoms with van der Waals surface area (Å²) in [6.45, 7) is 3.72. The van der Waals surface area contributed by atoms with Gasteiger partial charge in [-0.15, -0.1) is 5.10 Å². The zero-order valence-corrected chi connectivity index (χ0v) is 15.4. The second kappa shape index (κ2) is 6.75. The van der Waals surface area contributed by atoms with Crippen LogP contribution in [0.1, 0.15) is 21.7 Å². The lowest BCUT2D eigenvalue weighted by Crippen LogP contribution is -2.14. The highest BCUT2D eigenvalue weighted by Crippen LogP contribution is 2.21. The molecular formula is C17H14BrClN4O. The third kappa shape index (κ3) is 3.34. The van der Waals surface area contributed by atoms with Gasteiger partial charge in [0.15, 0.2) is 5.69 Å². The molecule has 7 heteroatoms. The van der Waals surface area contributed by atoms with Crippen LogP contribution in [0.2, 0.25) is 5.02 Å². The second-order valence-electron chi connectivity index (χ2n) is 5.33. The Morgan fingerprint density at radius 3 is 2.54 bits per heavy atom. The number of nitrogens with one attached hydrogen (secondary N) is 1. The van der Waals surface area contributed by atoms with Crippen molar-refractivity contribution >= 4 is 39.1 Å². The van der Waals surface area contributed by atoms with Gasteiger partial charge in [0.1, 0.15) is 0 Å². The molecule has 0 aliphatic carbocycles. The first-order valence-corrected chi connectivity index (χ1v) is 8.38. The maximum atomic E-state index is 12.4. The summed E-state index contributed by atoms with van der Waals surface area (Å²) in [5.41, 5.74) is 3.35. The van der Waals surface area contributed by atoms with Crippen molar-refractivity contribution < 1.29 is 4.79 Å². The molecule has 1 N–H and O–H groups in total. The predicted octanol–water partition coefficient (Wildman–Crippen LogP) is 4.55. The van der Waals surface area contributed by atoms with Gasteiger partial charge in [0.25, 0.3) is 5.91 Å². The number of halogens is 2. The first-order chi connectivity index (χ1) is 11.5. The van der Waals surface area contributed by atoms with Crippen molar-refractivity contribution in [3.05, 3.63) is 68.9 Å². The van der Waals surface area contributed by atoms with Crippen LogP contribution in [-0.2, 0) is 0 Å². The molecular weight excluding hydrogens is 392 g/mol. The van der Waals surface area contributed by atoms with E-state index >= 15 is 0 Å². The van der Waals surface area contributed by atoms with Crippen LogP contribution < -0.4 is 5.32 Å². The number of hydrogen-bond acceptors (Lipinski definition) is 3. The van der Waals surface area contributed by atoms with Crippen LogP contribution in [0.15, 0.2) is 46.9 Å². The average molecular weight is 406 g/mol. The molecule has 2 aromatic carbocycles. The van der Waals surface area contributed by atoms with Crippen LogP contribution in [0.3, 0.4) is 0 Å². The number of anilines is 1. The number of carbonyl (C=O) groups is 1. The minimum atomic E-state index is -0.306. The molecule has 1 aromatic heterocycles. The molecule has 0 atom stereocenters. The van der Waals surface area contributed by atoms with Crippen molar-refractivity contribution in [2.24, 2.45) is 0 Å². The van der Waals surface area contributed by atoms with E-state index in [1.807, 2.05) is 43.3 Å². The van der Waals surface area contributed by atoms with Crippen LogP contribution in [-0.4, -0.2) is 20.9 Å². The summed E-state index contributed by atoms with van der Waals surface area (Å²) >= 11 is 9.52. The molecule has 0 fully saturated rings. The fourth-order valence-corrected chi connectivity index (χ4v) is 2.66. The highest BCUT2D eigenvalue weighted by molar-refractivity contribution is 9.10. The Balaban J connectivity index is 1.87. The monoisotopic (exact) mass is 404 g/mol. The Morgan fingerprint density at radius 1 is 1.17 bits per heavy atom. The van der Waals surface area contributed by atoms with E-state index in [-0.39, 0.29) is 11.6 Å². The van der Waals surface area contributed by atoms with Crippen LogP contribution in [0.4, 0.5) is 5.69 Å². The molecule has 1 heterocycles. The average Bonchev–Trinajstić information content (AvgIpc) is 2.94. The van der Waals surface area contributed by atoms with Gasteiger partial charge >= 0.3 is 0 Å². The van der Waals surface area contributed by atoms with E-state index in [9.17, 15) is 4.79 Å². The summed E-state index contributed by atoms with van der Waals surface area (Å²) in [7, 11) is 0. The number of nitrogens with zero attached hydrogens (tertiary/aromatic N) is 3. The number of amides is 1. The Labute approximate surface area is 152 Å². The molecule has 0 bridgehead atoms. The van der Waals surface area contributed by atoms with E-state index in [4.69, 9.17) is 11.6 Å². The lowest BCUT2D eigenvalue weighted by atomic mass is 10.2. The van der Waals surface area contributed by atoms with Gasteiger partial charge in [-0.25, -0.2) is 4.68 Å². The smallest absolute Gasteiger partial charge is 0.278 e. The van der Waals surface area contributed by atoms with E-state index in [0.717, 1.165) is 15.7 Å². The molecule has 3 rings (SSSR count). The number of benzene rings is 2. The zero-order valence-electron chi connectivity index (χ0n) is 13.0. The number of rotatable bonds is 3. The maximum absolute atomic E-state index is 12.4. The molecule has 0 radical (unpaired) electrons. The summed E-state index contributed by atoms with van der Waals surface area (Å²) < 4.78 is 2.54. The third-order valence-corrected chi connectivity index (χ3v) is 4.55. The van der Waals surface area contributed by atoms with Gasteiger partial charge in [0.05, 0.1) is 11.4 Å². The summed E-state index contributed by atoms with van der Waals surface area (Å²) in [6.07, 6.45) is 0. The summed E-state index contributed by atoms with van der Waals surface area (Å²) in [5, 5.41) is 11.5. The van der Waals surface area contributed by atoms with Gasteiger partial charge < -0.3 is 5.32 Å². The van der Waals surface area contributed by atoms with Crippen molar-refractivity contribution in [2.45, 2.75) is 13.8 Å². The highest BCUT2D eigenvalue weighted by Gasteiger charge is 2.17. The van der Waals surface area contributed by atoms with E-state index in [2.05, 4.69) is 31.6 Å². The molecule has 0 spiro atoms. The number of aryl methyl sites for hydroxylation is 1. The van der Waals surface area contributed by atoms with Gasteiger partial charge in [0, 0.05) is 15.2 Å². The van der Waals surface area contributed by atoms with E-state index < -0.39 is 0 Å². The minimum Gasteiger partial charge on any atom is -0.321 e. The number of aromatic nitrogens is 3. The second-order valence-corrected chi connectivity index (χ2v) is 6.65. The SMILES string of the molecule is Cc1ccc(-n2nnc(C(=O)Nc3ccc(Br)cc3)c2C)cc1Cl. The predicted molar refractivity (Wildman–Crippen MR) is 97.9 cm³/mol. The lowest BCUT2D eigenvalue weighted by molar-refractivity contribution is 0.102. The Morgan fingerprint density at radius 2 is 1.88 bits per heavy atom.